The monoisotopic (exact) mass is 498 g/mol. The van der Waals surface area contributed by atoms with Gasteiger partial charge in [0.25, 0.3) is 22.2 Å². The molecule has 0 aliphatic rings. The quantitative estimate of drug-likeness (QED) is 0.188. The normalized spacial score (nSPS) is 11.1. The lowest BCUT2D eigenvalue weighted by atomic mass is 10.1. The van der Waals surface area contributed by atoms with Crippen molar-refractivity contribution in [1.29, 1.82) is 0 Å². The van der Waals surface area contributed by atoms with E-state index in [-0.39, 0.29) is 13.2 Å². The molecule has 0 spiro atoms. The van der Waals surface area contributed by atoms with Crippen molar-refractivity contribution in [2.75, 3.05) is 11.5 Å². The highest BCUT2D eigenvalue weighted by molar-refractivity contribution is 8.02. The van der Waals surface area contributed by atoms with Gasteiger partial charge in [-0.1, -0.05) is 35.7 Å². The first kappa shape index (κ1) is 24.2. The minimum atomic E-state index is 0.236. The third kappa shape index (κ3) is 7.26. The fourth-order valence-corrected chi connectivity index (χ4v) is 4.81. The van der Waals surface area contributed by atoms with E-state index in [1.807, 2.05) is 52.0 Å². The van der Waals surface area contributed by atoms with Crippen LogP contribution in [0, 0.1) is 27.7 Å². The van der Waals surface area contributed by atoms with Gasteiger partial charge in [-0.25, -0.2) is 0 Å². The minimum Gasteiger partial charge on any atom is -0.484 e. The number of aryl methyl sites for hydroxylation is 4. The zero-order valence-electron chi connectivity index (χ0n) is 19.5. The molecule has 2 heterocycles. The molecule has 0 fully saturated rings. The first-order valence-corrected chi connectivity index (χ1v) is 12.7. The molecule has 0 unspecified atom stereocenters. The average molecular weight is 499 g/mol. The van der Waals surface area contributed by atoms with Crippen molar-refractivity contribution in [2.45, 2.75) is 51.4 Å². The van der Waals surface area contributed by atoms with E-state index in [1.165, 1.54) is 23.5 Å². The Morgan fingerprint density at radius 3 is 1.35 bits per heavy atom. The molecule has 0 bridgehead atoms. The van der Waals surface area contributed by atoms with Gasteiger partial charge in [0.15, 0.2) is 13.2 Å². The van der Waals surface area contributed by atoms with Crippen LogP contribution in [0.5, 0.6) is 11.5 Å². The summed E-state index contributed by atoms with van der Waals surface area (Å²) in [6.07, 6.45) is 0. The Hall–Kier alpha value is -2.98. The molecular formula is C24H26N4O4S2. The van der Waals surface area contributed by atoms with Gasteiger partial charge in [0.2, 0.25) is 0 Å². The van der Waals surface area contributed by atoms with Crippen LogP contribution in [0.1, 0.15) is 34.0 Å². The number of aromatic nitrogens is 4. The van der Waals surface area contributed by atoms with Crippen molar-refractivity contribution < 1.29 is 18.3 Å². The summed E-state index contributed by atoms with van der Waals surface area (Å²) in [4.78, 5) is 0. The topological polar surface area (TPSA) is 96.3 Å². The van der Waals surface area contributed by atoms with Crippen LogP contribution in [0.4, 0.5) is 0 Å². The predicted octanol–water partition coefficient (Wildman–Crippen LogP) is 5.73. The largest absolute Gasteiger partial charge is 0.484 e. The third-order valence-electron chi connectivity index (χ3n) is 4.55. The smallest absolute Gasteiger partial charge is 0.276 e. The van der Waals surface area contributed by atoms with Crippen molar-refractivity contribution in [3.8, 4) is 11.5 Å². The zero-order chi connectivity index (χ0) is 23.9. The molecule has 0 saturated heterocycles. The van der Waals surface area contributed by atoms with Crippen molar-refractivity contribution in [3.05, 3.63) is 70.4 Å². The van der Waals surface area contributed by atoms with Crippen molar-refractivity contribution in [2.24, 2.45) is 0 Å². The second-order valence-electron chi connectivity index (χ2n) is 7.84. The van der Waals surface area contributed by atoms with E-state index in [9.17, 15) is 0 Å². The lowest BCUT2D eigenvalue weighted by Crippen LogP contribution is -1.96. The minimum absolute atomic E-state index is 0.236. The summed E-state index contributed by atoms with van der Waals surface area (Å²) in [6, 6.07) is 12.1. The summed E-state index contributed by atoms with van der Waals surface area (Å²) in [5.41, 5.74) is 4.60. The van der Waals surface area contributed by atoms with Crippen LogP contribution < -0.4 is 9.47 Å². The molecule has 0 aliphatic carbocycles. The second kappa shape index (κ2) is 11.4. The number of nitrogens with zero attached hydrogens (tertiary/aromatic N) is 4. The molecule has 2 aromatic heterocycles. The third-order valence-corrected chi connectivity index (χ3v) is 6.44. The van der Waals surface area contributed by atoms with Crippen LogP contribution in [-0.2, 0) is 13.2 Å². The van der Waals surface area contributed by atoms with Gasteiger partial charge in [-0.15, -0.1) is 20.4 Å². The molecule has 0 N–H and O–H groups in total. The second-order valence-corrected chi connectivity index (χ2v) is 9.94. The molecule has 34 heavy (non-hydrogen) atoms. The molecule has 10 heteroatoms. The SMILES string of the molecule is Cc1cc(C)cc(OCc2nnc(SCCSc3nnc(COc4cc(C)cc(C)c4)o3)o2)c1. The Labute approximate surface area is 206 Å². The standard InChI is InChI=1S/C24H26N4O4S2/c1-15-7-16(2)10-19(9-15)29-13-21-25-27-23(31-21)33-5-6-34-24-28-26-22(32-24)14-30-20-11-17(3)8-18(4)12-20/h7-12H,5-6,13-14H2,1-4H3. The Morgan fingerprint density at radius 1 is 0.588 bits per heavy atom. The maximum atomic E-state index is 5.77. The van der Waals surface area contributed by atoms with E-state index in [4.69, 9.17) is 18.3 Å². The van der Waals surface area contributed by atoms with Gasteiger partial charge >= 0.3 is 0 Å². The van der Waals surface area contributed by atoms with Crippen LogP contribution in [0.25, 0.3) is 0 Å². The Morgan fingerprint density at radius 2 is 0.971 bits per heavy atom. The lowest BCUT2D eigenvalue weighted by molar-refractivity contribution is 0.252. The van der Waals surface area contributed by atoms with E-state index in [2.05, 4.69) is 32.5 Å². The number of ether oxygens (including phenoxy) is 2. The summed E-state index contributed by atoms with van der Waals surface area (Å²) >= 11 is 2.95. The van der Waals surface area contributed by atoms with E-state index in [0.29, 0.717) is 22.2 Å². The van der Waals surface area contributed by atoms with Gasteiger partial charge in [0, 0.05) is 11.5 Å². The fraction of sp³-hybridized carbons (Fsp3) is 0.333. The van der Waals surface area contributed by atoms with Gasteiger partial charge in [-0.2, -0.15) is 0 Å². The molecule has 0 aliphatic heterocycles. The van der Waals surface area contributed by atoms with E-state index in [1.54, 1.807) is 0 Å². The van der Waals surface area contributed by atoms with Gasteiger partial charge in [-0.05, 0) is 74.2 Å². The number of thioether (sulfide) groups is 2. The molecule has 0 saturated carbocycles. The Kier molecular flexibility index (Phi) is 8.12. The number of hydrogen-bond donors (Lipinski definition) is 0. The molecule has 0 amide bonds. The number of hydrogen-bond acceptors (Lipinski definition) is 10. The highest BCUT2D eigenvalue weighted by atomic mass is 32.2. The summed E-state index contributed by atoms with van der Waals surface area (Å²) in [5.74, 6) is 3.97. The zero-order valence-corrected chi connectivity index (χ0v) is 21.2. The molecule has 0 atom stereocenters. The average Bonchev–Trinajstić information content (AvgIpc) is 3.42. The van der Waals surface area contributed by atoms with Crippen molar-refractivity contribution >= 4 is 23.5 Å². The number of rotatable bonds is 11. The Balaban J connectivity index is 1.16. The molecule has 2 aromatic carbocycles. The lowest BCUT2D eigenvalue weighted by Gasteiger charge is -2.05. The molecule has 4 rings (SSSR count). The van der Waals surface area contributed by atoms with Crippen LogP contribution in [0.3, 0.4) is 0 Å². The number of benzene rings is 2. The van der Waals surface area contributed by atoms with Crippen LogP contribution in [-0.4, -0.2) is 31.9 Å². The predicted molar refractivity (Wildman–Crippen MR) is 131 cm³/mol. The molecular weight excluding hydrogens is 472 g/mol. The summed E-state index contributed by atoms with van der Waals surface area (Å²) < 4.78 is 22.8. The van der Waals surface area contributed by atoms with Gasteiger partial charge in [0.05, 0.1) is 0 Å². The van der Waals surface area contributed by atoms with E-state index in [0.717, 1.165) is 45.3 Å². The van der Waals surface area contributed by atoms with E-state index < -0.39 is 0 Å². The Bertz CT molecular complexity index is 1110. The van der Waals surface area contributed by atoms with Crippen molar-refractivity contribution in [3.63, 3.8) is 0 Å². The molecule has 8 nitrogen and oxygen atoms in total. The van der Waals surface area contributed by atoms with E-state index >= 15 is 0 Å². The highest BCUT2D eigenvalue weighted by Gasteiger charge is 2.11. The van der Waals surface area contributed by atoms with Crippen LogP contribution >= 0.6 is 23.5 Å². The first-order valence-electron chi connectivity index (χ1n) is 10.8. The van der Waals surface area contributed by atoms with Gasteiger partial charge in [-0.3, -0.25) is 0 Å². The van der Waals surface area contributed by atoms with Gasteiger partial charge in [0.1, 0.15) is 11.5 Å². The highest BCUT2D eigenvalue weighted by Crippen LogP contribution is 2.23. The maximum absolute atomic E-state index is 5.77. The van der Waals surface area contributed by atoms with Crippen LogP contribution in [0.2, 0.25) is 0 Å². The molecule has 178 valence electrons. The first-order chi connectivity index (χ1) is 16.4. The molecule has 4 aromatic rings. The fourth-order valence-electron chi connectivity index (χ4n) is 3.29. The summed E-state index contributed by atoms with van der Waals surface area (Å²) in [5, 5.41) is 17.2. The van der Waals surface area contributed by atoms with Crippen molar-refractivity contribution in [1.82, 2.24) is 20.4 Å². The maximum Gasteiger partial charge on any atom is 0.276 e. The van der Waals surface area contributed by atoms with Gasteiger partial charge < -0.3 is 18.3 Å². The summed E-state index contributed by atoms with van der Waals surface area (Å²) in [6.45, 7) is 8.62. The summed E-state index contributed by atoms with van der Waals surface area (Å²) in [7, 11) is 0. The molecule has 0 radical (unpaired) electrons. The van der Waals surface area contributed by atoms with Crippen LogP contribution in [0.15, 0.2) is 55.7 Å².